The molecule has 1 spiro atoms. The molecule has 1 fully saturated rings. The van der Waals surface area contributed by atoms with Gasteiger partial charge in [-0.25, -0.2) is 0 Å². The summed E-state index contributed by atoms with van der Waals surface area (Å²) in [5.74, 6) is 0.538. The number of hydrogen-bond donors (Lipinski definition) is 1. The van der Waals surface area contributed by atoms with E-state index in [4.69, 9.17) is 0 Å². The highest BCUT2D eigenvalue weighted by Crippen LogP contribution is 2.53. The standard InChI is InChI=1S/C15H20O/c1-2-11-5-6-13(16)12-7-10-15(14(11)12)8-3-4-9-15/h5-6,16H,2-4,7-10H2,1H3. The van der Waals surface area contributed by atoms with Crippen LogP contribution >= 0.6 is 0 Å². The smallest absolute Gasteiger partial charge is 0.119 e. The van der Waals surface area contributed by atoms with Gasteiger partial charge in [0.05, 0.1) is 0 Å². The van der Waals surface area contributed by atoms with Gasteiger partial charge in [-0.2, -0.15) is 0 Å². The highest BCUT2D eigenvalue weighted by atomic mass is 16.3. The third-order valence-corrected chi connectivity index (χ3v) is 4.70. The fourth-order valence-corrected chi connectivity index (χ4v) is 3.93. The molecule has 0 amide bonds. The molecule has 0 saturated heterocycles. The highest BCUT2D eigenvalue weighted by molar-refractivity contribution is 5.52. The number of benzene rings is 1. The van der Waals surface area contributed by atoms with Crippen LogP contribution in [-0.4, -0.2) is 5.11 Å². The van der Waals surface area contributed by atoms with E-state index in [9.17, 15) is 5.11 Å². The monoisotopic (exact) mass is 216 g/mol. The molecule has 3 rings (SSSR count). The predicted molar refractivity (Wildman–Crippen MR) is 66.0 cm³/mol. The summed E-state index contributed by atoms with van der Waals surface area (Å²) in [6.07, 6.45) is 8.90. The van der Waals surface area contributed by atoms with E-state index < -0.39 is 0 Å². The van der Waals surface area contributed by atoms with E-state index in [-0.39, 0.29) is 0 Å². The summed E-state index contributed by atoms with van der Waals surface area (Å²) in [6.45, 7) is 2.23. The Balaban J connectivity index is 2.19. The summed E-state index contributed by atoms with van der Waals surface area (Å²) in [5, 5.41) is 9.99. The van der Waals surface area contributed by atoms with Crippen molar-refractivity contribution in [2.24, 2.45) is 0 Å². The van der Waals surface area contributed by atoms with E-state index in [1.165, 1.54) is 48.8 Å². The molecule has 0 aromatic heterocycles. The number of aromatic hydroxyl groups is 1. The SMILES string of the molecule is CCc1ccc(O)c2c1C1(CCCC1)CC2. The Bertz CT molecular complexity index is 414. The molecule has 0 radical (unpaired) electrons. The number of hydrogen-bond acceptors (Lipinski definition) is 1. The first-order valence-corrected chi connectivity index (χ1v) is 6.61. The fraction of sp³-hybridized carbons (Fsp3) is 0.600. The molecule has 1 aromatic carbocycles. The van der Waals surface area contributed by atoms with Gasteiger partial charge in [-0.1, -0.05) is 25.8 Å². The number of phenols is 1. The molecule has 0 bridgehead atoms. The Morgan fingerprint density at radius 2 is 1.94 bits per heavy atom. The molecular weight excluding hydrogens is 196 g/mol. The molecule has 1 heteroatoms. The summed E-state index contributed by atoms with van der Waals surface area (Å²) in [7, 11) is 0. The van der Waals surface area contributed by atoms with Gasteiger partial charge >= 0.3 is 0 Å². The molecule has 0 unspecified atom stereocenters. The maximum atomic E-state index is 9.99. The second kappa shape index (κ2) is 3.51. The summed E-state index contributed by atoms with van der Waals surface area (Å²) in [6, 6.07) is 4.03. The van der Waals surface area contributed by atoms with Crippen LogP contribution in [0.1, 0.15) is 55.7 Å². The van der Waals surface area contributed by atoms with Crippen LogP contribution in [0.5, 0.6) is 5.75 Å². The van der Waals surface area contributed by atoms with E-state index >= 15 is 0 Å². The normalized spacial score (nSPS) is 21.6. The third kappa shape index (κ3) is 1.24. The van der Waals surface area contributed by atoms with Gasteiger partial charge in [0, 0.05) is 0 Å². The molecule has 0 heterocycles. The predicted octanol–water partition coefficient (Wildman–Crippen LogP) is 3.71. The van der Waals surface area contributed by atoms with Gasteiger partial charge in [-0.05, 0) is 60.3 Å². The van der Waals surface area contributed by atoms with Crippen LogP contribution in [-0.2, 0) is 18.3 Å². The van der Waals surface area contributed by atoms with Crippen LogP contribution in [0.25, 0.3) is 0 Å². The van der Waals surface area contributed by atoms with Gasteiger partial charge in [0.1, 0.15) is 5.75 Å². The van der Waals surface area contributed by atoms with Gasteiger partial charge in [0.25, 0.3) is 0 Å². The van der Waals surface area contributed by atoms with Gasteiger partial charge in [-0.15, -0.1) is 0 Å². The van der Waals surface area contributed by atoms with E-state index in [0.29, 0.717) is 11.2 Å². The number of phenolic OH excluding ortho intramolecular Hbond substituents is 1. The fourth-order valence-electron chi connectivity index (χ4n) is 3.93. The second-order valence-corrected chi connectivity index (χ2v) is 5.44. The lowest BCUT2D eigenvalue weighted by molar-refractivity contribution is 0.436. The van der Waals surface area contributed by atoms with Crippen LogP contribution in [0.3, 0.4) is 0 Å². The minimum absolute atomic E-state index is 0.444. The van der Waals surface area contributed by atoms with Crippen LogP contribution in [0.2, 0.25) is 0 Å². The van der Waals surface area contributed by atoms with Crippen molar-refractivity contribution in [1.29, 1.82) is 0 Å². The zero-order valence-electron chi connectivity index (χ0n) is 10.1. The van der Waals surface area contributed by atoms with Crippen molar-refractivity contribution in [2.75, 3.05) is 0 Å². The second-order valence-electron chi connectivity index (χ2n) is 5.44. The molecule has 86 valence electrons. The Morgan fingerprint density at radius 1 is 1.19 bits per heavy atom. The molecule has 1 nitrogen and oxygen atoms in total. The zero-order chi connectivity index (χ0) is 11.2. The van der Waals surface area contributed by atoms with Gasteiger partial charge in [-0.3, -0.25) is 0 Å². The van der Waals surface area contributed by atoms with Crippen molar-refractivity contribution >= 4 is 0 Å². The Morgan fingerprint density at radius 3 is 2.62 bits per heavy atom. The molecule has 1 saturated carbocycles. The van der Waals surface area contributed by atoms with Crippen molar-refractivity contribution in [3.05, 3.63) is 28.8 Å². The summed E-state index contributed by atoms with van der Waals surface area (Å²) in [4.78, 5) is 0. The summed E-state index contributed by atoms with van der Waals surface area (Å²) >= 11 is 0. The minimum atomic E-state index is 0.444. The molecule has 0 atom stereocenters. The van der Waals surface area contributed by atoms with Crippen molar-refractivity contribution in [1.82, 2.24) is 0 Å². The molecular formula is C15H20O. The maximum absolute atomic E-state index is 9.99. The van der Waals surface area contributed by atoms with E-state index in [2.05, 4.69) is 13.0 Å². The lowest BCUT2D eigenvalue weighted by Gasteiger charge is -2.27. The number of fused-ring (bicyclic) bond motifs is 2. The van der Waals surface area contributed by atoms with Crippen molar-refractivity contribution in [3.8, 4) is 5.75 Å². The average molecular weight is 216 g/mol. The first kappa shape index (κ1) is 10.2. The molecule has 2 aliphatic rings. The quantitative estimate of drug-likeness (QED) is 0.758. The average Bonchev–Trinajstić information content (AvgIpc) is 2.90. The van der Waals surface area contributed by atoms with Gasteiger partial charge in [0.15, 0.2) is 0 Å². The lowest BCUT2D eigenvalue weighted by Crippen LogP contribution is -2.19. The number of rotatable bonds is 1. The van der Waals surface area contributed by atoms with E-state index in [1.807, 2.05) is 6.07 Å². The van der Waals surface area contributed by atoms with E-state index in [0.717, 1.165) is 12.8 Å². The highest BCUT2D eigenvalue weighted by Gasteiger charge is 2.42. The first-order chi connectivity index (χ1) is 7.77. The zero-order valence-corrected chi connectivity index (χ0v) is 10.1. The van der Waals surface area contributed by atoms with E-state index in [1.54, 1.807) is 0 Å². The van der Waals surface area contributed by atoms with Crippen LogP contribution in [0.15, 0.2) is 12.1 Å². The van der Waals surface area contributed by atoms with Gasteiger partial charge < -0.3 is 5.11 Å². The summed E-state index contributed by atoms with van der Waals surface area (Å²) < 4.78 is 0. The molecule has 16 heavy (non-hydrogen) atoms. The Kier molecular flexibility index (Phi) is 2.24. The van der Waals surface area contributed by atoms with Crippen molar-refractivity contribution < 1.29 is 5.11 Å². The minimum Gasteiger partial charge on any atom is -0.508 e. The van der Waals surface area contributed by atoms with Crippen molar-refractivity contribution in [2.45, 2.75) is 57.3 Å². The van der Waals surface area contributed by atoms with Crippen LogP contribution in [0, 0.1) is 0 Å². The topological polar surface area (TPSA) is 20.2 Å². The first-order valence-electron chi connectivity index (χ1n) is 6.61. The Hall–Kier alpha value is -0.980. The van der Waals surface area contributed by atoms with Crippen LogP contribution in [0.4, 0.5) is 0 Å². The summed E-state index contributed by atoms with van der Waals surface area (Å²) in [5.41, 5.74) is 4.72. The van der Waals surface area contributed by atoms with Crippen molar-refractivity contribution in [3.63, 3.8) is 0 Å². The largest absolute Gasteiger partial charge is 0.508 e. The lowest BCUT2D eigenvalue weighted by atomic mass is 9.77. The number of aryl methyl sites for hydroxylation is 1. The molecule has 2 aliphatic carbocycles. The van der Waals surface area contributed by atoms with Gasteiger partial charge in [0.2, 0.25) is 0 Å². The Labute approximate surface area is 97.5 Å². The molecule has 1 N–H and O–H groups in total. The molecule has 1 aromatic rings. The third-order valence-electron chi connectivity index (χ3n) is 4.70. The maximum Gasteiger partial charge on any atom is 0.119 e. The van der Waals surface area contributed by atoms with Crippen LogP contribution < -0.4 is 0 Å². The molecule has 0 aliphatic heterocycles.